The van der Waals surface area contributed by atoms with Gasteiger partial charge in [-0.15, -0.1) is 0 Å². The fourth-order valence-electron chi connectivity index (χ4n) is 3.18. The Labute approximate surface area is 154 Å². The zero-order chi connectivity index (χ0) is 18.8. The van der Waals surface area contributed by atoms with Gasteiger partial charge in [0.2, 0.25) is 17.7 Å². The molecule has 0 radical (unpaired) electrons. The molecule has 2 amide bonds. The molecule has 1 fully saturated rings. The molecule has 1 N–H and O–H groups in total. The third kappa shape index (κ3) is 6.74. The average molecular weight is 366 g/mol. The average Bonchev–Trinajstić information content (AvgIpc) is 2.91. The number of rotatable bonds is 9. The van der Waals surface area contributed by atoms with Crippen molar-refractivity contribution in [3.8, 4) is 0 Å². The van der Waals surface area contributed by atoms with Gasteiger partial charge in [-0.2, -0.15) is 4.98 Å². The second kappa shape index (κ2) is 10.9. The van der Waals surface area contributed by atoms with Crippen molar-refractivity contribution in [1.82, 2.24) is 20.4 Å². The van der Waals surface area contributed by atoms with Gasteiger partial charge >= 0.3 is 0 Å². The zero-order valence-electron chi connectivity index (χ0n) is 15.8. The summed E-state index contributed by atoms with van der Waals surface area (Å²) >= 11 is 0. The van der Waals surface area contributed by atoms with Crippen molar-refractivity contribution in [1.29, 1.82) is 0 Å². The van der Waals surface area contributed by atoms with Gasteiger partial charge in [0.1, 0.15) is 6.61 Å². The molecule has 1 aliphatic rings. The van der Waals surface area contributed by atoms with Crippen LogP contribution in [0.15, 0.2) is 4.52 Å². The molecule has 0 aromatic carbocycles. The number of nitrogens with zero attached hydrogens (tertiary/aromatic N) is 3. The van der Waals surface area contributed by atoms with E-state index in [0.717, 1.165) is 12.8 Å². The first-order valence-corrected chi connectivity index (χ1v) is 9.50. The highest BCUT2D eigenvalue weighted by molar-refractivity contribution is 5.83. The number of nitrogens with one attached hydrogen (secondary N) is 1. The van der Waals surface area contributed by atoms with Crippen LogP contribution in [0.2, 0.25) is 0 Å². The van der Waals surface area contributed by atoms with Gasteiger partial charge in [-0.25, -0.2) is 0 Å². The molecule has 0 spiro atoms. The van der Waals surface area contributed by atoms with E-state index < -0.39 is 0 Å². The Morgan fingerprint density at radius 2 is 1.96 bits per heavy atom. The monoisotopic (exact) mass is 366 g/mol. The quantitative estimate of drug-likeness (QED) is 0.673. The number of hydrogen-bond acceptors (Lipinski definition) is 6. The van der Waals surface area contributed by atoms with Gasteiger partial charge in [0.25, 0.3) is 0 Å². The number of aromatic nitrogens is 2. The first-order chi connectivity index (χ1) is 12.6. The van der Waals surface area contributed by atoms with Crippen LogP contribution < -0.4 is 5.32 Å². The molecule has 146 valence electrons. The fraction of sp³-hybridized carbons (Fsp3) is 0.778. The molecule has 0 atom stereocenters. The first-order valence-electron chi connectivity index (χ1n) is 9.50. The molecule has 8 heteroatoms. The van der Waals surface area contributed by atoms with Crippen molar-refractivity contribution >= 4 is 11.8 Å². The van der Waals surface area contributed by atoms with E-state index in [2.05, 4.69) is 15.5 Å². The molecule has 1 aromatic rings. The van der Waals surface area contributed by atoms with Crippen molar-refractivity contribution in [2.75, 3.05) is 13.7 Å². The summed E-state index contributed by atoms with van der Waals surface area (Å²) in [5.74, 6) is 0.695. The molecule has 1 aromatic heterocycles. The summed E-state index contributed by atoms with van der Waals surface area (Å²) in [5.41, 5.74) is 0. The van der Waals surface area contributed by atoms with Crippen LogP contribution in [0.3, 0.4) is 0 Å². The highest BCUT2D eigenvalue weighted by Gasteiger charge is 2.19. The largest absolute Gasteiger partial charge is 0.377 e. The van der Waals surface area contributed by atoms with Crippen LogP contribution in [0.1, 0.15) is 70.0 Å². The summed E-state index contributed by atoms with van der Waals surface area (Å²) in [6, 6.07) is 0.264. The van der Waals surface area contributed by atoms with Crippen LogP contribution in [-0.2, 0) is 27.5 Å². The van der Waals surface area contributed by atoms with Gasteiger partial charge in [-0.1, -0.05) is 30.8 Å². The van der Waals surface area contributed by atoms with E-state index in [1.54, 1.807) is 12.0 Å². The standard InChI is InChI=1S/C18H30N4O4/c1-3-22(12-17-20-15(13-25-2)21-26-17)18(24)11-10-16(23)19-14-8-6-4-5-7-9-14/h14H,3-13H2,1-2H3,(H,19,23). The number of methoxy groups -OCH3 is 1. The predicted molar refractivity (Wildman–Crippen MR) is 95.0 cm³/mol. The minimum atomic E-state index is -0.0880. The predicted octanol–water partition coefficient (Wildman–Crippen LogP) is 2.18. The van der Waals surface area contributed by atoms with Gasteiger partial charge in [0.05, 0.1) is 6.54 Å². The van der Waals surface area contributed by atoms with E-state index in [9.17, 15) is 9.59 Å². The molecule has 1 saturated carbocycles. The number of amides is 2. The van der Waals surface area contributed by atoms with Gasteiger partial charge in [0.15, 0.2) is 5.82 Å². The van der Waals surface area contributed by atoms with E-state index >= 15 is 0 Å². The molecular formula is C18H30N4O4. The molecule has 0 bridgehead atoms. The maximum Gasteiger partial charge on any atom is 0.246 e. The lowest BCUT2D eigenvalue weighted by molar-refractivity contribution is -0.134. The van der Waals surface area contributed by atoms with Crippen LogP contribution in [0, 0.1) is 0 Å². The van der Waals surface area contributed by atoms with E-state index in [-0.39, 0.29) is 43.8 Å². The summed E-state index contributed by atoms with van der Waals surface area (Å²) in [5, 5.41) is 6.86. The summed E-state index contributed by atoms with van der Waals surface area (Å²) in [6.07, 6.45) is 7.32. The van der Waals surface area contributed by atoms with E-state index in [1.165, 1.54) is 25.7 Å². The smallest absolute Gasteiger partial charge is 0.246 e. The fourth-order valence-corrected chi connectivity index (χ4v) is 3.18. The highest BCUT2D eigenvalue weighted by Crippen LogP contribution is 2.17. The van der Waals surface area contributed by atoms with Gasteiger partial charge in [0, 0.05) is 32.5 Å². The van der Waals surface area contributed by atoms with Gasteiger partial charge in [-0.3, -0.25) is 9.59 Å². The zero-order valence-corrected chi connectivity index (χ0v) is 15.8. The van der Waals surface area contributed by atoms with E-state index in [1.807, 2.05) is 6.92 Å². The maximum atomic E-state index is 12.4. The molecule has 1 heterocycles. The van der Waals surface area contributed by atoms with Crippen LogP contribution in [0.25, 0.3) is 0 Å². The lowest BCUT2D eigenvalue weighted by Gasteiger charge is -2.19. The Kier molecular flexibility index (Phi) is 8.53. The number of ether oxygens (including phenoxy) is 1. The molecule has 0 saturated heterocycles. The summed E-state index contributed by atoms with van der Waals surface area (Å²) in [4.78, 5) is 30.3. The SMILES string of the molecule is CCN(Cc1nc(COC)no1)C(=O)CCC(=O)NC1CCCCCC1. The molecule has 0 aliphatic heterocycles. The Morgan fingerprint density at radius 3 is 2.62 bits per heavy atom. The summed E-state index contributed by atoms with van der Waals surface area (Å²) < 4.78 is 10.1. The summed E-state index contributed by atoms with van der Waals surface area (Å²) in [7, 11) is 1.55. The van der Waals surface area contributed by atoms with E-state index in [0.29, 0.717) is 18.3 Å². The first kappa shape index (κ1) is 20.4. The van der Waals surface area contributed by atoms with Crippen molar-refractivity contribution in [3.63, 3.8) is 0 Å². The lowest BCUT2D eigenvalue weighted by atomic mass is 10.1. The minimum absolute atomic E-state index is 0.0403. The van der Waals surface area contributed by atoms with Crippen molar-refractivity contribution in [2.24, 2.45) is 0 Å². The summed E-state index contributed by atoms with van der Waals surface area (Å²) in [6.45, 7) is 2.92. The number of carbonyl (C=O) groups excluding carboxylic acids is 2. The Morgan fingerprint density at radius 1 is 1.23 bits per heavy atom. The molecule has 26 heavy (non-hydrogen) atoms. The maximum absolute atomic E-state index is 12.4. The van der Waals surface area contributed by atoms with Crippen molar-refractivity contribution in [3.05, 3.63) is 11.7 Å². The molecule has 0 unspecified atom stereocenters. The molecule has 2 rings (SSSR count). The second-order valence-electron chi connectivity index (χ2n) is 6.70. The van der Waals surface area contributed by atoms with Crippen LogP contribution in [0.5, 0.6) is 0 Å². The Bertz CT molecular complexity index is 567. The lowest BCUT2D eigenvalue weighted by Crippen LogP contribution is -2.36. The van der Waals surface area contributed by atoms with Crippen molar-refractivity contribution in [2.45, 2.75) is 77.5 Å². The van der Waals surface area contributed by atoms with E-state index in [4.69, 9.17) is 9.26 Å². The van der Waals surface area contributed by atoms with Crippen molar-refractivity contribution < 1.29 is 18.8 Å². The van der Waals surface area contributed by atoms with Crippen LogP contribution in [-0.4, -0.2) is 46.6 Å². The van der Waals surface area contributed by atoms with Crippen LogP contribution in [0.4, 0.5) is 0 Å². The normalized spacial score (nSPS) is 15.5. The molecule has 8 nitrogen and oxygen atoms in total. The molecular weight excluding hydrogens is 336 g/mol. The topological polar surface area (TPSA) is 97.6 Å². The minimum Gasteiger partial charge on any atom is -0.377 e. The highest BCUT2D eigenvalue weighted by atomic mass is 16.5. The second-order valence-corrected chi connectivity index (χ2v) is 6.70. The van der Waals surface area contributed by atoms with Gasteiger partial charge < -0.3 is 19.5 Å². The third-order valence-electron chi connectivity index (χ3n) is 4.63. The number of hydrogen-bond donors (Lipinski definition) is 1. The van der Waals surface area contributed by atoms with Gasteiger partial charge in [-0.05, 0) is 19.8 Å². The Hall–Kier alpha value is -1.96. The Balaban J connectivity index is 1.75. The molecule has 1 aliphatic carbocycles. The van der Waals surface area contributed by atoms with Crippen LogP contribution >= 0.6 is 0 Å². The number of carbonyl (C=O) groups is 2. The third-order valence-corrected chi connectivity index (χ3v) is 4.63.